The predicted octanol–water partition coefficient (Wildman–Crippen LogP) is 3.94. The van der Waals surface area contributed by atoms with Crippen molar-refractivity contribution in [1.82, 2.24) is 10.2 Å². The number of ether oxygens (including phenoxy) is 1. The Bertz CT molecular complexity index is 1090. The molecule has 2 aliphatic heterocycles. The van der Waals surface area contributed by atoms with Crippen molar-refractivity contribution < 1.29 is 19.1 Å². The Balaban J connectivity index is 1.26. The van der Waals surface area contributed by atoms with E-state index in [1.807, 2.05) is 19.1 Å². The van der Waals surface area contributed by atoms with Crippen molar-refractivity contribution >= 4 is 23.4 Å². The first-order chi connectivity index (χ1) is 16.5. The number of hydrogen-bond donors (Lipinski definition) is 1. The van der Waals surface area contributed by atoms with E-state index in [4.69, 9.17) is 4.74 Å². The fourth-order valence-electron chi connectivity index (χ4n) is 5.23. The zero-order valence-electron chi connectivity index (χ0n) is 19.6. The summed E-state index contributed by atoms with van der Waals surface area (Å²) < 4.78 is 5.41. The fourth-order valence-corrected chi connectivity index (χ4v) is 5.23. The topological polar surface area (TPSA) is 79.0 Å². The van der Waals surface area contributed by atoms with Crippen LogP contribution in [-0.2, 0) is 4.74 Å². The van der Waals surface area contributed by atoms with Gasteiger partial charge in [-0.15, -0.1) is 0 Å². The monoisotopic (exact) mass is 461 g/mol. The molecule has 3 amide bonds. The lowest BCUT2D eigenvalue weighted by molar-refractivity contribution is 0.0548. The summed E-state index contributed by atoms with van der Waals surface area (Å²) in [6, 6.07) is 12.8. The Labute approximate surface area is 200 Å². The van der Waals surface area contributed by atoms with E-state index in [9.17, 15) is 14.4 Å². The minimum atomic E-state index is -0.270. The fraction of sp³-hybridized carbons (Fsp3) is 0.444. The molecule has 2 fully saturated rings. The lowest BCUT2D eigenvalue weighted by Gasteiger charge is -2.29. The molecule has 3 aliphatic rings. The molecule has 0 spiro atoms. The van der Waals surface area contributed by atoms with Gasteiger partial charge in [0.05, 0.1) is 30.4 Å². The largest absolute Gasteiger partial charge is 0.378 e. The summed E-state index contributed by atoms with van der Waals surface area (Å²) in [7, 11) is 0. The maximum absolute atomic E-state index is 13.0. The van der Waals surface area contributed by atoms with Gasteiger partial charge < -0.3 is 15.0 Å². The molecule has 1 atom stereocenters. The third-order valence-electron chi connectivity index (χ3n) is 7.24. The summed E-state index contributed by atoms with van der Waals surface area (Å²) in [4.78, 5) is 42.6. The highest BCUT2D eigenvalue weighted by atomic mass is 16.5. The summed E-state index contributed by atoms with van der Waals surface area (Å²) in [5, 5.41) is 3.02. The average Bonchev–Trinajstić information content (AvgIpc) is 3.14. The van der Waals surface area contributed by atoms with Gasteiger partial charge in [0.15, 0.2) is 0 Å². The number of benzene rings is 2. The van der Waals surface area contributed by atoms with Crippen LogP contribution in [0.3, 0.4) is 0 Å². The molecule has 2 aromatic carbocycles. The number of nitrogens with zero attached hydrogens (tertiary/aromatic N) is 2. The van der Waals surface area contributed by atoms with Crippen molar-refractivity contribution in [2.24, 2.45) is 0 Å². The molecule has 1 aliphatic carbocycles. The molecule has 1 saturated carbocycles. The van der Waals surface area contributed by atoms with Crippen LogP contribution in [0, 0.1) is 0 Å². The average molecular weight is 462 g/mol. The second kappa shape index (κ2) is 9.58. The number of amides is 3. The van der Waals surface area contributed by atoms with Crippen molar-refractivity contribution in [2.45, 2.75) is 51.1 Å². The van der Waals surface area contributed by atoms with Crippen LogP contribution in [0.2, 0.25) is 0 Å². The zero-order chi connectivity index (χ0) is 23.7. The number of morpholine rings is 1. The van der Waals surface area contributed by atoms with E-state index >= 15 is 0 Å². The molecule has 0 radical (unpaired) electrons. The molecule has 178 valence electrons. The first-order valence-corrected chi connectivity index (χ1v) is 12.3. The molecule has 2 heterocycles. The molecule has 1 saturated heterocycles. The van der Waals surface area contributed by atoms with E-state index in [2.05, 4.69) is 22.3 Å². The first kappa shape index (κ1) is 22.6. The van der Waals surface area contributed by atoms with Crippen LogP contribution in [0.25, 0.3) is 0 Å². The molecule has 7 nitrogen and oxygen atoms in total. The Morgan fingerprint density at radius 2 is 1.62 bits per heavy atom. The second-order valence-electron chi connectivity index (χ2n) is 9.42. The normalized spacial score (nSPS) is 19.8. The van der Waals surface area contributed by atoms with Crippen LogP contribution in [0.5, 0.6) is 0 Å². The van der Waals surface area contributed by atoms with E-state index in [1.54, 1.807) is 18.2 Å². The molecule has 1 unspecified atom stereocenters. The number of rotatable bonds is 5. The van der Waals surface area contributed by atoms with Crippen LogP contribution in [0.1, 0.15) is 81.7 Å². The van der Waals surface area contributed by atoms with Crippen molar-refractivity contribution in [2.75, 3.05) is 31.2 Å². The van der Waals surface area contributed by atoms with E-state index in [0.717, 1.165) is 69.7 Å². The van der Waals surface area contributed by atoms with E-state index in [1.165, 1.54) is 4.90 Å². The molecule has 2 aromatic rings. The summed E-state index contributed by atoms with van der Waals surface area (Å²) in [5.41, 5.74) is 3.28. The summed E-state index contributed by atoms with van der Waals surface area (Å²) in [6.07, 6.45) is 4.95. The molecule has 34 heavy (non-hydrogen) atoms. The van der Waals surface area contributed by atoms with Gasteiger partial charge in [-0.3, -0.25) is 19.3 Å². The SMILES string of the molecule is CC(NC(=O)c1ccc2c(c1)C(=O)N(C1CCCCC1)C2=O)c1ccc(N2CCOCC2)cc1. The second-order valence-corrected chi connectivity index (χ2v) is 9.42. The third-order valence-corrected chi connectivity index (χ3v) is 7.24. The standard InChI is InChI=1S/C27H31N3O4/c1-18(19-7-10-21(11-8-19)29-13-15-34-16-14-29)28-25(31)20-9-12-23-24(17-20)27(33)30(26(23)32)22-5-3-2-4-6-22/h7-12,17-18,22H,2-6,13-16H2,1H3,(H,28,31). The van der Waals surface area contributed by atoms with Gasteiger partial charge in [0, 0.05) is 30.4 Å². The molecular weight excluding hydrogens is 430 g/mol. The van der Waals surface area contributed by atoms with Crippen molar-refractivity contribution in [1.29, 1.82) is 0 Å². The number of anilines is 1. The smallest absolute Gasteiger partial charge is 0.261 e. The summed E-state index contributed by atoms with van der Waals surface area (Å²) >= 11 is 0. The van der Waals surface area contributed by atoms with Gasteiger partial charge in [0.2, 0.25) is 0 Å². The highest BCUT2D eigenvalue weighted by molar-refractivity contribution is 6.22. The molecular formula is C27H31N3O4. The van der Waals surface area contributed by atoms with Gasteiger partial charge >= 0.3 is 0 Å². The van der Waals surface area contributed by atoms with Gasteiger partial charge in [0.25, 0.3) is 17.7 Å². The quantitative estimate of drug-likeness (QED) is 0.683. The number of hydrogen-bond acceptors (Lipinski definition) is 5. The number of nitrogens with one attached hydrogen (secondary N) is 1. The number of fused-ring (bicyclic) bond motifs is 1. The minimum absolute atomic E-state index is 0.0288. The van der Waals surface area contributed by atoms with Crippen molar-refractivity contribution in [3.8, 4) is 0 Å². The summed E-state index contributed by atoms with van der Waals surface area (Å²) in [5.74, 6) is -0.759. The van der Waals surface area contributed by atoms with Crippen molar-refractivity contribution in [3.63, 3.8) is 0 Å². The lowest BCUT2D eigenvalue weighted by atomic mass is 9.94. The maximum atomic E-state index is 13.0. The Morgan fingerprint density at radius 1 is 0.941 bits per heavy atom. The van der Waals surface area contributed by atoms with Gasteiger partial charge in [-0.2, -0.15) is 0 Å². The maximum Gasteiger partial charge on any atom is 0.261 e. The highest BCUT2D eigenvalue weighted by Crippen LogP contribution is 2.31. The molecule has 0 bridgehead atoms. The van der Waals surface area contributed by atoms with E-state index < -0.39 is 0 Å². The third kappa shape index (κ3) is 4.32. The van der Waals surface area contributed by atoms with Gasteiger partial charge in [-0.1, -0.05) is 31.4 Å². The number of imide groups is 1. The Kier molecular flexibility index (Phi) is 6.37. The van der Waals surface area contributed by atoms with Crippen LogP contribution in [0.4, 0.5) is 5.69 Å². The Morgan fingerprint density at radius 3 is 2.32 bits per heavy atom. The first-order valence-electron chi connectivity index (χ1n) is 12.3. The van der Waals surface area contributed by atoms with Crippen LogP contribution < -0.4 is 10.2 Å². The summed E-state index contributed by atoms with van der Waals surface area (Å²) in [6.45, 7) is 5.17. The van der Waals surface area contributed by atoms with Gasteiger partial charge in [0.1, 0.15) is 0 Å². The van der Waals surface area contributed by atoms with Crippen molar-refractivity contribution in [3.05, 3.63) is 64.7 Å². The van der Waals surface area contributed by atoms with Crippen LogP contribution >= 0.6 is 0 Å². The molecule has 5 rings (SSSR count). The van der Waals surface area contributed by atoms with Crippen LogP contribution in [-0.4, -0.2) is 55.0 Å². The number of carbonyl (C=O) groups is 3. The van der Waals surface area contributed by atoms with Gasteiger partial charge in [-0.05, 0) is 55.7 Å². The number of carbonyl (C=O) groups excluding carboxylic acids is 3. The van der Waals surface area contributed by atoms with Gasteiger partial charge in [-0.25, -0.2) is 0 Å². The lowest BCUT2D eigenvalue weighted by Crippen LogP contribution is -2.40. The van der Waals surface area contributed by atoms with E-state index in [-0.39, 0.29) is 29.8 Å². The zero-order valence-corrected chi connectivity index (χ0v) is 19.6. The molecule has 7 heteroatoms. The van der Waals surface area contributed by atoms with Crippen LogP contribution in [0.15, 0.2) is 42.5 Å². The predicted molar refractivity (Wildman–Crippen MR) is 129 cm³/mol. The van der Waals surface area contributed by atoms with E-state index in [0.29, 0.717) is 16.7 Å². The molecule has 1 N–H and O–H groups in total. The molecule has 0 aromatic heterocycles. The highest BCUT2D eigenvalue weighted by Gasteiger charge is 2.40. The Hall–Kier alpha value is -3.19. The minimum Gasteiger partial charge on any atom is -0.378 e.